The maximum absolute atomic E-state index is 12.7. The van der Waals surface area contributed by atoms with Gasteiger partial charge >= 0.3 is 11.9 Å². The average molecular weight is 453 g/mol. The van der Waals surface area contributed by atoms with Gasteiger partial charge < -0.3 is 5.32 Å². The fourth-order valence-electron chi connectivity index (χ4n) is 2.14. The molecule has 2 N–H and O–H groups in total. The molecule has 0 aliphatic carbocycles. The fraction of sp³-hybridized carbons (Fsp3) is 0.0667. The van der Waals surface area contributed by atoms with E-state index in [0.29, 0.717) is 12.3 Å². The normalized spacial score (nSPS) is 11.5. The molecule has 0 aliphatic heterocycles. The summed E-state index contributed by atoms with van der Waals surface area (Å²) in [4.78, 5) is 28.6. The molecule has 146 valence electrons. The van der Waals surface area contributed by atoms with Gasteiger partial charge in [-0.05, 0) is 18.2 Å². The standard InChI is InChI=1S/C15H7Cl3F3N5O2/c16-8-2-7(26-14(28)24-11(27)5-23-26)3-9(17)12(8)25-13-10(18)1-6(4-22-13)15(19,20)21/h1-5H,(H,22,25)(H,24,27,28). The Morgan fingerprint density at radius 2 is 1.64 bits per heavy atom. The van der Waals surface area contributed by atoms with Crippen LogP contribution in [0.4, 0.5) is 24.7 Å². The third kappa shape index (κ3) is 4.13. The Balaban J connectivity index is 1.98. The third-order valence-corrected chi connectivity index (χ3v) is 4.28. The predicted molar refractivity (Wildman–Crippen MR) is 98.0 cm³/mol. The number of H-pyrrole nitrogens is 1. The van der Waals surface area contributed by atoms with Crippen molar-refractivity contribution in [1.29, 1.82) is 0 Å². The molecule has 3 aromatic rings. The van der Waals surface area contributed by atoms with Crippen LogP contribution in [0.3, 0.4) is 0 Å². The van der Waals surface area contributed by atoms with Crippen molar-refractivity contribution < 1.29 is 13.2 Å². The molecule has 0 spiro atoms. The molecule has 0 atom stereocenters. The second-order valence-electron chi connectivity index (χ2n) is 5.31. The van der Waals surface area contributed by atoms with E-state index in [4.69, 9.17) is 34.8 Å². The number of hydrogen-bond donors (Lipinski definition) is 2. The molecule has 0 radical (unpaired) electrons. The van der Waals surface area contributed by atoms with Crippen molar-refractivity contribution >= 4 is 46.3 Å². The van der Waals surface area contributed by atoms with E-state index in [1.807, 2.05) is 4.98 Å². The number of hydrogen-bond acceptors (Lipinski definition) is 5. The molecule has 3 rings (SSSR count). The zero-order valence-corrected chi connectivity index (χ0v) is 15.6. The van der Waals surface area contributed by atoms with Gasteiger partial charge in [0.2, 0.25) is 0 Å². The number of alkyl halides is 3. The summed E-state index contributed by atoms with van der Waals surface area (Å²) in [6, 6.07) is 3.32. The molecule has 0 amide bonds. The number of rotatable bonds is 3. The highest BCUT2D eigenvalue weighted by Gasteiger charge is 2.31. The summed E-state index contributed by atoms with van der Waals surface area (Å²) in [5.41, 5.74) is -2.27. The zero-order valence-electron chi connectivity index (χ0n) is 13.3. The van der Waals surface area contributed by atoms with E-state index in [-0.39, 0.29) is 32.3 Å². The van der Waals surface area contributed by atoms with E-state index in [1.165, 1.54) is 12.1 Å². The van der Waals surface area contributed by atoms with Crippen molar-refractivity contribution in [3.05, 3.63) is 72.1 Å². The van der Waals surface area contributed by atoms with Crippen LogP contribution in [0.2, 0.25) is 15.1 Å². The molecule has 28 heavy (non-hydrogen) atoms. The van der Waals surface area contributed by atoms with Gasteiger partial charge in [0, 0.05) is 6.20 Å². The fourth-order valence-corrected chi connectivity index (χ4v) is 2.93. The van der Waals surface area contributed by atoms with Gasteiger partial charge in [0.05, 0.1) is 32.0 Å². The quantitative estimate of drug-likeness (QED) is 0.626. The number of halogens is 6. The maximum Gasteiger partial charge on any atom is 0.417 e. The molecular weight excluding hydrogens is 446 g/mol. The monoisotopic (exact) mass is 451 g/mol. The van der Waals surface area contributed by atoms with Crippen molar-refractivity contribution in [2.24, 2.45) is 0 Å². The van der Waals surface area contributed by atoms with Gasteiger partial charge in [0.15, 0.2) is 0 Å². The summed E-state index contributed by atoms with van der Waals surface area (Å²) in [5.74, 6) is -0.106. The summed E-state index contributed by atoms with van der Waals surface area (Å²) in [6.45, 7) is 0. The van der Waals surface area contributed by atoms with Gasteiger partial charge in [-0.25, -0.2) is 9.78 Å². The second-order valence-corrected chi connectivity index (χ2v) is 6.53. The lowest BCUT2D eigenvalue weighted by Gasteiger charge is -2.14. The van der Waals surface area contributed by atoms with Gasteiger partial charge in [-0.2, -0.15) is 23.0 Å². The minimum absolute atomic E-state index is 0.000152. The van der Waals surface area contributed by atoms with Crippen molar-refractivity contribution in [2.75, 3.05) is 5.32 Å². The first-order valence-electron chi connectivity index (χ1n) is 7.24. The van der Waals surface area contributed by atoms with E-state index >= 15 is 0 Å². The van der Waals surface area contributed by atoms with Crippen LogP contribution < -0.4 is 16.6 Å². The number of anilines is 2. The molecule has 0 bridgehead atoms. The van der Waals surface area contributed by atoms with Gasteiger partial charge in [0.25, 0.3) is 5.56 Å². The largest absolute Gasteiger partial charge is 0.417 e. The predicted octanol–water partition coefficient (Wildman–Crippen LogP) is 4.04. The number of nitrogens with one attached hydrogen (secondary N) is 2. The maximum atomic E-state index is 12.7. The molecule has 2 heterocycles. The molecule has 13 heteroatoms. The number of aromatic amines is 1. The summed E-state index contributed by atoms with van der Waals surface area (Å²) in [7, 11) is 0. The Labute approximate surface area is 168 Å². The van der Waals surface area contributed by atoms with Crippen LogP contribution in [0.1, 0.15) is 5.56 Å². The van der Waals surface area contributed by atoms with Crippen LogP contribution >= 0.6 is 34.8 Å². The Kier molecular flexibility index (Phi) is 5.37. The van der Waals surface area contributed by atoms with Crippen LogP contribution in [0.25, 0.3) is 5.69 Å². The van der Waals surface area contributed by atoms with Crippen LogP contribution in [-0.4, -0.2) is 19.7 Å². The van der Waals surface area contributed by atoms with Crippen molar-refractivity contribution in [3.63, 3.8) is 0 Å². The Morgan fingerprint density at radius 1 is 1.00 bits per heavy atom. The van der Waals surface area contributed by atoms with Crippen LogP contribution in [-0.2, 0) is 6.18 Å². The van der Waals surface area contributed by atoms with E-state index in [0.717, 1.165) is 10.9 Å². The number of benzene rings is 1. The molecule has 0 unspecified atom stereocenters. The number of nitrogens with zero attached hydrogens (tertiary/aromatic N) is 3. The third-order valence-electron chi connectivity index (χ3n) is 3.40. The first-order valence-corrected chi connectivity index (χ1v) is 8.37. The second kappa shape index (κ2) is 7.46. The Morgan fingerprint density at radius 3 is 2.18 bits per heavy atom. The minimum atomic E-state index is -4.59. The van der Waals surface area contributed by atoms with E-state index in [9.17, 15) is 22.8 Å². The molecule has 7 nitrogen and oxygen atoms in total. The van der Waals surface area contributed by atoms with Crippen LogP contribution in [0.5, 0.6) is 0 Å². The van der Waals surface area contributed by atoms with Crippen molar-refractivity contribution in [3.8, 4) is 5.69 Å². The summed E-state index contributed by atoms with van der Waals surface area (Å²) >= 11 is 18.2. The lowest BCUT2D eigenvalue weighted by Crippen LogP contribution is -2.30. The van der Waals surface area contributed by atoms with Crippen molar-refractivity contribution in [2.45, 2.75) is 6.18 Å². The van der Waals surface area contributed by atoms with Gasteiger partial charge in [0.1, 0.15) is 12.0 Å². The average Bonchev–Trinajstić information content (AvgIpc) is 2.58. The first kappa shape index (κ1) is 20.2. The molecule has 0 saturated carbocycles. The number of aromatic nitrogens is 4. The minimum Gasteiger partial charge on any atom is -0.337 e. The highest BCUT2D eigenvalue weighted by atomic mass is 35.5. The van der Waals surface area contributed by atoms with E-state index < -0.39 is 23.0 Å². The molecule has 0 fully saturated rings. The van der Waals surface area contributed by atoms with Crippen LogP contribution in [0, 0.1) is 0 Å². The van der Waals surface area contributed by atoms with E-state index in [2.05, 4.69) is 15.4 Å². The zero-order chi connectivity index (χ0) is 20.6. The lowest BCUT2D eigenvalue weighted by molar-refractivity contribution is -0.137. The van der Waals surface area contributed by atoms with Gasteiger partial charge in [-0.3, -0.25) is 9.78 Å². The summed E-state index contributed by atoms with van der Waals surface area (Å²) in [6.07, 6.45) is -3.10. The Bertz CT molecular complexity index is 1150. The lowest BCUT2D eigenvalue weighted by atomic mass is 10.2. The smallest absolute Gasteiger partial charge is 0.337 e. The van der Waals surface area contributed by atoms with Crippen LogP contribution in [0.15, 0.2) is 40.2 Å². The highest BCUT2D eigenvalue weighted by Crippen LogP contribution is 2.37. The van der Waals surface area contributed by atoms with E-state index in [1.54, 1.807) is 0 Å². The first-order chi connectivity index (χ1) is 13.1. The highest BCUT2D eigenvalue weighted by molar-refractivity contribution is 6.40. The molecule has 1 aromatic carbocycles. The topological polar surface area (TPSA) is 92.7 Å². The summed E-state index contributed by atoms with van der Waals surface area (Å²) < 4.78 is 39.0. The number of pyridine rings is 1. The molecule has 2 aromatic heterocycles. The summed E-state index contributed by atoms with van der Waals surface area (Å²) in [5, 5.41) is 6.02. The molecule has 0 aliphatic rings. The molecular formula is C15H7Cl3F3N5O2. The Hall–Kier alpha value is -2.56. The van der Waals surface area contributed by atoms with Gasteiger partial charge in [-0.15, -0.1) is 0 Å². The SMILES string of the molecule is O=c1cnn(-c2cc(Cl)c(Nc3ncc(C(F)(F)F)cc3Cl)c(Cl)c2)c(=O)[nH]1. The van der Waals surface area contributed by atoms with Crippen molar-refractivity contribution in [1.82, 2.24) is 19.7 Å². The molecule has 0 saturated heterocycles. The van der Waals surface area contributed by atoms with Gasteiger partial charge in [-0.1, -0.05) is 34.8 Å².